The molecule has 5 heteroatoms. The highest BCUT2D eigenvalue weighted by Crippen LogP contribution is 2.24. The number of hydrogen-bond acceptors (Lipinski definition) is 2. The zero-order chi connectivity index (χ0) is 13.8. The predicted octanol–water partition coefficient (Wildman–Crippen LogP) is 2.55. The summed E-state index contributed by atoms with van der Waals surface area (Å²) >= 11 is 3.41. The van der Waals surface area contributed by atoms with Gasteiger partial charge in [-0.15, -0.1) is 0 Å². The highest BCUT2D eigenvalue weighted by molar-refractivity contribution is 9.10. The lowest BCUT2D eigenvalue weighted by Gasteiger charge is -2.12. The molecule has 2 unspecified atom stereocenters. The van der Waals surface area contributed by atoms with Crippen LogP contribution in [0, 0.1) is 5.92 Å². The van der Waals surface area contributed by atoms with E-state index in [4.69, 9.17) is 0 Å². The first-order valence-electron chi connectivity index (χ1n) is 6.92. The second-order valence-corrected chi connectivity index (χ2v) is 6.20. The quantitative estimate of drug-likeness (QED) is 0.872. The number of aromatic nitrogens is 1. The number of halogens is 1. The molecule has 2 N–H and O–H groups in total. The Labute approximate surface area is 122 Å². The average Bonchev–Trinajstić information content (AvgIpc) is 2.93. The fourth-order valence-electron chi connectivity index (χ4n) is 2.65. The highest BCUT2D eigenvalue weighted by Gasteiger charge is 2.23. The maximum absolute atomic E-state index is 12.2. The second-order valence-electron chi connectivity index (χ2n) is 5.28. The van der Waals surface area contributed by atoms with Gasteiger partial charge in [-0.05, 0) is 53.6 Å². The minimum absolute atomic E-state index is 0.0273. The molecule has 1 amide bonds. The molecule has 2 atom stereocenters. The number of carbonyl (C=O) groups excluding carboxylic acids is 1. The van der Waals surface area contributed by atoms with Gasteiger partial charge >= 0.3 is 0 Å². The van der Waals surface area contributed by atoms with E-state index in [-0.39, 0.29) is 12.0 Å². The van der Waals surface area contributed by atoms with Gasteiger partial charge in [0.05, 0.1) is 6.10 Å². The van der Waals surface area contributed by atoms with E-state index >= 15 is 0 Å². The fourth-order valence-corrected chi connectivity index (χ4v) is 3.12. The molecule has 2 rings (SSSR count). The van der Waals surface area contributed by atoms with Crippen molar-refractivity contribution in [2.75, 3.05) is 6.54 Å². The number of nitrogens with one attached hydrogen (secondary N) is 1. The summed E-state index contributed by atoms with van der Waals surface area (Å²) < 4.78 is 2.91. The van der Waals surface area contributed by atoms with Crippen molar-refractivity contribution >= 4 is 21.8 Å². The summed E-state index contributed by atoms with van der Waals surface area (Å²) in [7, 11) is 0. The smallest absolute Gasteiger partial charge is 0.267 e. The summed E-state index contributed by atoms with van der Waals surface area (Å²) in [6, 6.07) is 1.86. The van der Waals surface area contributed by atoms with Gasteiger partial charge in [-0.2, -0.15) is 0 Å². The molecule has 1 heterocycles. The molecule has 0 radical (unpaired) electrons. The lowest BCUT2D eigenvalue weighted by molar-refractivity contribution is 0.0935. The van der Waals surface area contributed by atoms with Gasteiger partial charge in [0.2, 0.25) is 0 Å². The van der Waals surface area contributed by atoms with E-state index in [0.717, 1.165) is 36.7 Å². The van der Waals surface area contributed by atoms with Crippen LogP contribution in [0.2, 0.25) is 0 Å². The zero-order valence-corrected chi connectivity index (χ0v) is 12.8. The molecule has 1 aromatic heterocycles. The number of nitrogens with zero attached hydrogens (tertiary/aromatic N) is 1. The van der Waals surface area contributed by atoms with Crippen LogP contribution >= 0.6 is 15.9 Å². The Morgan fingerprint density at radius 1 is 1.58 bits per heavy atom. The molecular formula is C14H21BrN2O2. The molecule has 19 heavy (non-hydrogen) atoms. The second kappa shape index (κ2) is 6.57. The Kier molecular flexibility index (Phi) is 5.05. The number of aliphatic hydroxyl groups excluding tert-OH is 1. The van der Waals surface area contributed by atoms with Gasteiger partial charge in [-0.25, -0.2) is 0 Å². The molecule has 1 aliphatic rings. The van der Waals surface area contributed by atoms with Crippen molar-refractivity contribution < 1.29 is 9.90 Å². The van der Waals surface area contributed by atoms with Crippen LogP contribution in [-0.4, -0.2) is 28.2 Å². The predicted molar refractivity (Wildman–Crippen MR) is 78.1 cm³/mol. The van der Waals surface area contributed by atoms with Crippen LogP contribution in [0.1, 0.15) is 43.1 Å². The number of aliphatic hydroxyl groups is 1. The first-order valence-corrected chi connectivity index (χ1v) is 7.71. The number of amides is 1. The van der Waals surface area contributed by atoms with E-state index < -0.39 is 0 Å². The van der Waals surface area contributed by atoms with Gasteiger partial charge in [0, 0.05) is 23.8 Å². The summed E-state index contributed by atoms with van der Waals surface area (Å²) in [6.07, 6.45) is 5.42. The van der Waals surface area contributed by atoms with Crippen LogP contribution in [-0.2, 0) is 6.54 Å². The number of aryl methyl sites for hydroxylation is 1. The van der Waals surface area contributed by atoms with E-state index in [1.54, 1.807) is 0 Å². The van der Waals surface area contributed by atoms with Crippen molar-refractivity contribution in [3.8, 4) is 0 Å². The van der Waals surface area contributed by atoms with Crippen molar-refractivity contribution in [3.05, 3.63) is 22.4 Å². The third-order valence-corrected chi connectivity index (χ3v) is 4.06. The SMILES string of the molecule is CCCn1cc(Br)cc1C(=O)NCC1CCC(O)C1. The molecule has 1 saturated carbocycles. The van der Waals surface area contributed by atoms with Crippen molar-refractivity contribution in [2.24, 2.45) is 5.92 Å². The summed E-state index contributed by atoms with van der Waals surface area (Å²) in [6.45, 7) is 3.59. The lowest BCUT2D eigenvalue weighted by Crippen LogP contribution is -2.30. The van der Waals surface area contributed by atoms with E-state index in [2.05, 4.69) is 28.2 Å². The molecule has 4 nitrogen and oxygen atoms in total. The molecule has 0 bridgehead atoms. The van der Waals surface area contributed by atoms with Crippen molar-refractivity contribution in [3.63, 3.8) is 0 Å². The fraction of sp³-hybridized carbons (Fsp3) is 0.643. The lowest BCUT2D eigenvalue weighted by atomic mass is 10.1. The van der Waals surface area contributed by atoms with Crippen LogP contribution < -0.4 is 5.32 Å². The normalized spacial score (nSPS) is 22.7. The minimum atomic E-state index is -0.181. The van der Waals surface area contributed by atoms with E-state index in [1.807, 2.05) is 16.8 Å². The summed E-state index contributed by atoms with van der Waals surface area (Å²) in [5.41, 5.74) is 0.701. The maximum atomic E-state index is 12.2. The van der Waals surface area contributed by atoms with Gasteiger partial charge < -0.3 is 15.0 Å². The van der Waals surface area contributed by atoms with Crippen LogP contribution in [0.3, 0.4) is 0 Å². The van der Waals surface area contributed by atoms with Gasteiger partial charge in [0.1, 0.15) is 5.69 Å². The van der Waals surface area contributed by atoms with E-state index in [9.17, 15) is 9.90 Å². The van der Waals surface area contributed by atoms with E-state index in [1.165, 1.54) is 0 Å². The number of rotatable bonds is 5. The average molecular weight is 329 g/mol. The van der Waals surface area contributed by atoms with Crippen LogP contribution in [0.25, 0.3) is 0 Å². The van der Waals surface area contributed by atoms with Gasteiger partial charge in [-0.3, -0.25) is 4.79 Å². The molecule has 0 saturated heterocycles. The van der Waals surface area contributed by atoms with Crippen LogP contribution in [0.5, 0.6) is 0 Å². The van der Waals surface area contributed by atoms with Gasteiger partial charge in [0.25, 0.3) is 5.91 Å². The first kappa shape index (κ1) is 14.6. The van der Waals surface area contributed by atoms with Gasteiger partial charge in [0.15, 0.2) is 0 Å². The monoisotopic (exact) mass is 328 g/mol. The molecule has 1 aliphatic carbocycles. The maximum Gasteiger partial charge on any atom is 0.267 e. The Hall–Kier alpha value is -0.810. The topological polar surface area (TPSA) is 54.3 Å². The Morgan fingerprint density at radius 3 is 3.00 bits per heavy atom. The minimum Gasteiger partial charge on any atom is -0.393 e. The molecule has 106 valence electrons. The summed E-state index contributed by atoms with van der Waals surface area (Å²) in [4.78, 5) is 12.2. The molecule has 0 spiro atoms. The molecule has 1 aromatic rings. The summed E-state index contributed by atoms with van der Waals surface area (Å²) in [5, 5.41) is 12.5. The zero-order valence-electron chi connectivity index (χ0n) is 11.2. The molecular weight excluding hydrogens is 308 g/mol. The third-order valence-electron chi connectivity index (χ3n) is 3.63. The van der Waals surface area contributed by atoms with Crippen LogP contribution in [0.15, 0.2) is 16.7 Å². The number of carbonyl (C=O) groups is 1. The van der Waals surface area contributed by atoms with Gasteiger partial charge in [-0.1, -0.05) is 6.92 Å². The molecule has 1 fully saturated rings. The van der Waals surface area contributed by atoms with Crippen LogP contribution in [0.4, 0.5) is 0 Å². The standard InChI is InChI=1S/C14H21BrN2O2/c1-2-5-17-9-11(15)7-13(17)14(19)16-8-10-3-4-12(18)6-10/h7,9-10,12,18H,2-6,8H2,1H3,(H,16,19). The van der Waals surface area contributed by atoms with Crippen molar-refractivity contribution in [2.45, 2.75) is 45.3 Å². The number of hydrogen-bond donors (Lipinski definition) is 2. The third kappa shape index (κ3) is 3.83. The molecule has 0 aromatic carbocycles. The molecule has 0 aliphatic heterocycles. The Morgan fingerprint density at radius 2 is 2.37 bits per heavy atom. The highest BCUT2D eigenvalue weighted by atomic mass is 79.9. The first-order chi connectivity index (χ1) is 9.10. The largest absolute Gasteiger partial charge is 0.393 e. The summed E-state index contributed by atoms with van der Waals surface area (Å²) in [5.74, 6) is 0.387. The Bertz CT molecular complexity index is 445. The van der Waals surface area contributed by atoms with E-state index in [0.29, 0.717) is 18.2 Å². The van der Waals surface area contributed by atoms with Crippen molar-refractivity contribution in [1.82, 2.24) is 9.88 Å². The van der Waals surface area contributed by atoms with Crippen molar-refractivity contribution in [1.29, 1.82) is 0 Å². The Balaban J connectivity index is 1.92.